The van der Waals surface area contributed by atoms with Gasteiger partial charge < -0.3 is 10.2 Å². The van der Waals surface area contributed by atoms with E-state index >= 15 is 0 Å². The Morgan fingerprint density at radius 1 is 0.615 bits per heavy atom. The quantitative estimate of drug-likeness (QED) is 0.496. The van der Waals surface area contributed by atoms with Gasteiger partial charge in [-0.25, -0.2) is 0 Å². The minimum Gasteiger partial charge on any atom is -0.392 e. The SMILES string of the molecule is CCc1cccc2c(CO)cc3cc(CO)c4cccc(CC)c4c3c12. The molecule has 0 saturated heterocycles. The molecule has 4 rings (SSSR count). The van der Waals surface area contributed by atoms with Crippen molar-refractivity contribution in [1.29, 1.82) is 0 Å². The molecular weight excluding hydrogens is 320 g/mol. The minimum absolute atomic E-state index is 0.0154. The highest BCUT2D eigenvalue weighted by Gasteiger charge is 2.15. The van der Waals surface area contributed by atoms with E-state index in [0.717, 1.165) is 40.1 Å². The lowest BCUT2D eigenvalue weighted by molar-refractivity contribution is 0.283. The Bertz CT molecular complexity index is 1040. The van der Waals surface area contributed by atoms with E-state index in [1.165, 1.54) is 27.3 Å². The molecule has 2 nitrogen and oxygen atoms in total. The van der Waals surface area contributed by atoms with Gasteiger partial charge in [0, 0.05) is 0 Å². The van der Waals surface area contributed by atoms with Crippen LogP contribution >= 0.6 is 0 Å². The second-order valence-corrected chi connectivity index (χ2v) is 6.87. The lowest BCUT2D eigenvalue weighted by Crippen LogP contribution is -1.97. The number of hydrogen-bond acceptors (Lipinski definition) is 2. The molecule has 0 heterocycles. The van der Waals surface area contributed by atoms with Crippen molar-refractivity contribution in [3.8, 4) is 0 Å². The summed E-state index contributed by atoms with van der Waals surface area (Å²) in [6.45, 7) is 4.39. The summed E-state index contributed by atoms with van der Waals surface area (Å²) < 4.78 is 0. The zero-order valence-corrected chi connectivity index (χ0v) is 15.3. The maximum absolute atomic E-state index is 9.95. The first kappa shape index (κ1) is 17.0. The molecule has 0 spiro atoms. The number of aryl methyl sites for hydroxylation is 2. The van der Waals surface area contributed by atoms with Gasteiger partial charge in [0.25, 0.3) is 0 Å². The summed E-state index contributed by atoms with van der Waals surface area (Å²) in [5, 5.41) is 27.0. The van der Waals surface area contributed by atoms with Gasteiger partial charge in [0.1, 0.15) is 0 Å². The van der Waals surface area contributed by atoms with E-state index in [2.05, 4.69) is 62.4 Å². The topological polar surface area (TPSA) is 40.5 Å². The smallest absolute Gasteiger partial charge is 0.0688 e. The summed E-state index contributed by atoms with van der Waals surface area (Å²) in [7, 11) is 0. The Morgan fingerprint density at radius 3 is 1.46 bits per heavy atom. The third kappa shape index (κ3) is 2.41. The highest BCUT2D eigenvalue weighted by Crippen LogP contribution is 2.39. The third-order valence-corrected chi connectivity index (χ3v) is 5.54. The van der Waals surface area contributed by atoms with Gasteiger partial charge in [-0.3, -0.25) is 0 Å². The maximum Gasteiger partial charge on any atom is 0.0688 e. The molecule has 0 aromatic heterocycles. The van der Waals surface area contributed by atoms with Gasteiger partial charge in [0.05, 0.1) is 13.2 Å². The maximum atomic E-state index is 9.95. The van der Waals surface area contributed by atoms with Crippen LogP contribution in [-0.4, -0.2) is 10.2 Å². The van der Waals surface area contributed by atoms with Gasteiger partial charge >= 0.3 is 0 Å². The van der Waals surface area contributed by atoms with Gasteiger partial charge in [-0.1, -0.05) is 50.2 Å². The average Bonchev–Trinajstić information content (AvgIpc) is 2.70. The van der Waals surface area contributed by atoms with E-state index in [-0.39, 0.29) is 13.2 Å². The monoisotopic (exact) mass is 344 g/mol. The fraction of sp³-hybridized carbons (Fsp3) is 0.250. The molecule has 2 heteroatoms. The molecule has 2 N–H and O–H groups in total. The zero-order chi connectivity index (χ0) is 18.3. The molecule has 0 unspecified atom stereocenters. The van der Waals surface area contributed by atoms with Crippen molar-refractivity contribution in [2.45, 2.75) is 39.9 Å². The highest BCUT2D eigenvalue weighted by atomic mass is 16.3. The number of hydrogen-bond donors (Lipinski definition) is 2. The summed E-state index contributed by atoms with van der Waals surface area (Å²) in [5.41, 5.74) is 4.48. The van der Waals surface area contributed by atoms with Gasteiger partial charge in [0.2, 0.25) is 0 Å². The summed E-state index contributed by atoms with van der Waals surface area (Å²) in [6, 6.07) is 16.9. The normalized spacial score (nSPS) is 11.7. The molecule has 0 radical (unpaired) electrons. The predicted molar refractivity (Wildman–Crippen MR) is 110 cm³/mol. The lowest BCUT2D eigenvalue weighted by Gasteiger charge is -2.18. The van der Waals surface area contributed by atoms with Crippen LogP contribution in [0.2, 0.25) is 0 Å². The molecule has 0 saturated carbocycles. The van der Waals surface area contributed by atoms with E-state index in [0.29, 0.717) is 0 Å². The second kappa shape index (κ2) is 6.71. The number of fused-ring (bicyclic) bond motifs is 5. The van der Waals surface area contributed by atoms with E-state index < -0.39 is 0 Å². The summed E-state index contributed by atoms with van der Waals surface area (Å²) in [5.74, 6) is 0. The summed E-state index contributed by atoms with van der Waals surface area (Å²) >= 11 is 0. The van der Waals surface area contributed by atoms with Crippen LogP contribution in [0.3, 0.4) is 0 Å². The molecule has 0 atom stereocenters. The van der Waals surface area contributed by atoms with Crippen LogP contribution in [0.15, 0.2) is 48.5 Å². The molecular formula is C24H24O2. The average molecular weight is 344 g/mol. The van der Waals surface area contributed by atoms with Crippen LogP contribution in [-0.2, 0) is 26.1 Å². The molecule has 4 aromatic carbocycles. The predicted octanol–water partition coefficient (Wildman–Crippen LogP) is 5.26. The van der Waals surface area contributed by atoms with Gasteiger partial charge in [-0.05, 0) is 79.5 Å². The van der Waals surface area contributed by atoms with Crippen LogP contribution in [0.4, 0.5) is 0 Å². The molecule has 0 aliphatic carbocycles. The number of rotatable bonds is 4. The van der Waals surface area contributed by atoms with Crippen molar-refractivity contribution in [2.24, 2.45) is 0 Å². The van der Waals surface area contributed by atoms with Crippen molar-refractivity contribution in [1.82, 2.24) is 0 Å². The standard InChI is InChI=1S/C24H24O2/c1-3-15-7-5-9-20-18(13-25)11-17-12-19(14-26)21-10-6-8-16(4-2)23(21)24(17)22(15)20/h5-12,25-26H,3-4,13-14H2,1-2H3. The molecule has 0 fully saturated rings. The van der Waals surface area contributed by atoms with Crippen LogP contribution in [0.1, 0.15) is 36.1 Å². The van der Waals surface area contributed by atoms with Gasteiger partial charge in [0.15, 0.2) is 0 Å². The Labute approximate surface area is 153 Å². The van der Waals surface area contributed by atoms with Gasteiger partial charge in [-0.2, -0.15) is 0 Å². The van der Waals surface area contributed by atoms with Crippen LogP contribution in [0.25, 0.3) is 32.3 Å². The number of benzene rings is 4. The number of aliphatic hydroxyl groups excluding tert-OH is 2. The Hall–Kier alpha value is -2.42. The summed E-state index contributed by atoms with van der Waals surface area (Å²) in [4.78, 5) is 0. The van der Waals surface area contributed by atoms with Crippen molar-refractivity contribution < 1.29 is 10.2 Å². The molecule has 132 valence electrons. The van der Waals surface area contributed by atoms with E-state index in [1.807, 2.05) is 0 Å². The second-order valence-electron chi connectivity index (χ2n) is 6.87. The van der Waals surface area contributed by atoms with Crippen LogP contribution in [0, 0.1) is 0 Å². The molecule has 4 aromatic rings. The lowest BCUT2D eigenvalue weighted by atomic mass is 9.86. The van der Waals surface area contributed by atoms with Gasteiger partial charge in [-0.15, -0.1) is 0 Å². The van der Waals surface area contributed by atoms with E-state index in [1.54, 1.807) is 0 Å². The first-order valence-electron chi connectivity index (χ1n) is 9.35. The van der Waals surface area contributed by atoms with Crippen molar-refractivity contribution in [3.05, 3.63) is 70.8 Å². The minimum atomic E-state index is 0.0154. The van der Waals surface area contributed by atoms with Crippen LogP contribution in [0.5, 0.6) is 0 Å². The fourth-order valence-corrected chi connectivity index (χ4v) is 4.31. The van der Waals surface area contributed by atoms with Crippen molar-refractivity contribution >= 4 is 32.3 Å². The fourth-order valence-electron chi connectivity index (χ4n) is 4.31. The van der Waals surface area contributed by atoms with Crippen molar-refractivity contribution in [2.75, 3.05) is 0 Å². The molecule has 26 heavy (non-hydrogen) atoms. The Morgan fingerprint density at radius 2 is 1.08 bits per heavy atom. The van der Waals surface area contributed by atoms with Crippen LogP contribution < -0.4 is 0 Å². The third-order valence-electron chi connectivity index (χ3n) is 5.54. The summed E-state index contributed by atoms with van der Waals surface area (Å²) in [6.07, 6.45) is 1.89. The Balaban J connectivity index is 2.38. The van der Waals surface area contributed by atoms with E-state index in [9.17, 15) is 10.2 Å². The Kier molecular flexibility index (Phi) is 4.39. The first-order chi connectivity index (χ1) is 12.7. The first-order valence-corrected chi connectivity index (χ1v) is 9.35. The largest absolute Gasteiger partial charge is 0.392 e. The molecule has 0 bridgehead atoms. The number of aliphatic hydroxyl groups is 2. The highest BCUT2D eigenvalue weighted by molar-refractivity contribution is 6.23. The molecule has 0 amide bonds. The van der Waals surface area contributed by atoms with Crippen molar-refractivity contribution in [3.63, 3.8) is 0 Å². The molecule has 0 aliphatic heterocycles. The van der Waals surface area contributed by atoms with E-state index in [4.69, 9.17) is 0 Å². The molecule has 0 aliphatic rings. The zero-order valence-electron chi connectivity index (χ0n) is 15.3.